The molecule has 146 valence electrons. The Morgan fingerprint density at radius 1 is 1.00 bits per heavy atom. The molecule has 0 saturated heterocycles. The third-order valence-corrected chi connectivity index (χ3v) is 4.86. The van der Waals surface area contributed by atoms with Crippen LogP contribution in [0.15, 0.2) is 66.9 Å². The number of hydrogen-bond donors (Lipinski definition) is 3. The van der Waals surface area contributed by atoms with Gasteiger partial charge in [0, 0.05) is 36.1 Å². The van der Waals surface area contributed by atoms with Crippen molar-refractivity contribution in [3.63, 3.8) is 0 Å². The van der Waals surface area contributed by atoms with Crippen LogP contribution in [0.2, 0.25) is 0 Å². The van der Waals surface area contributed by atoms with E-state index < -0.39 is 0 Å². The number of fused-ring (bicyclic) bond motifs is 1. The molecule has 3 N–H and O–H groups in total. The number of hydrogen-bond acceptors (Lipinski definition) is 4. The largest absolute Gasteiger partial charge is 0.387 e. The van der Waals surface area contributed by atoms with Crippen LogP contribution in [0, 0.1) is 0 Å². The van der Waals surface area contributed by atoms with Gasteiger partial charge in [-0.1, -0.05) is 42.5 Å². The maximum atomic E-state index is 12.8. The Morgan fingerprint density at radius 2 is 1.76 bits per heavy atom. The van der Waals surface area contributed by atoms with E-state index in [2.05, 4.69) is 34.8 Å². The molecule has 1 aromatic heterocycles. The normalized spacial score (nSPS) is 14.4. The molecule has 0 spiro atoms. The SMILES string of the molecule is CN/C(=C1\C(=O)Nc2cc(-c3ccc(NC(C)C)nc3)ccc21)c1ccccc1. The molecule has 1 aliphatic rings. The molecule has 2 heterocycles. The highest BCUT2D eigenvalue weighted by Gasteiger charge is 2.28. The number of benzene rings is 2. The predicted octanol–water partition coefficient (Wildman–Crippen LogP) is 4.61. The van der Waals surface area contributed by atoms with E-state index in [1.165, 1.54) is 0 Å². The van der Waals surface area contributed by atoms with Gasteiger partial charge in [-0.3, -0.25) is 4.79 Å². The van der Waals surface area contributed by atoms with E-state index in [0.717, 1.165) is 39.5 Å². The van der Waals surface area contributed by atoms with E-state index in [4.69, 9.17) is 0 Å². The van der Waals surface area contributed by atoms with Crippen LogP contribution in [0.4, 0.5) is 11.5 Å². The fraction of sp³-hybridized carbons (Fsp3) is 0.167. The smallest absolute Gasteiger partial charge is 0.258 e. The second-order valence-electron chi connectivity index (χ2n) is 7.31. The summed E-state index contributed by atoms with van der Waals surface area (Å²) in [6.07, 6.45) is 1.85. The fourth-order valence-corrected chi connectivity index (χ4v) is 3.56. The molecule has 29 heavy (non-hydrogen) atoms. The molecule has 0 unspecified atom stereocenters. The maximum absolute atomic E-state index is 12.8. The van der Waals surface area contributed by atoms with E-state index in [0.29, 0.717) is 11.6 Å². The van der Waals surface area contributed by atoms with Crippen molar-refractivity contribution in [3.05, 3.63) is 78.0 Å². The van der Waals surface area contributed by atoms with Crippen LogP contribution in [0.5, 0.6) is 0 Å². The van der Waals surface area contributed by atoms with Crippen molar-refractivity contribution >= 4 is 28.7 Å². The van der Waals surface area contributed by atoms with Crippen molar-refractivity contribution in [2.45, 2.75) is 19.9 Å². The van der Waals surface area contributed by atoms with Gasteiger partial charge in [0.2, 0.25) is 0 Å². The zero-order chi connectivity index (χ0) is 20.4. The molecule has 0 saturated carbocycles. The topological polar surface area (TPSA) is 66.1 Å². The van der Waals surface area contributed by atoms with Gasteiger partial charge >= 0.3 is 0 Å². The summed E-state index contributed by atoms with van der Waals surface area (Å²) in [5, 5.41) is 9.50. The van der Waals surface area contributed by atoms with Crippen molar-refractivity contribution in [1.29, 1.82) is 0 Å². The van der Waals surface area contributed by atoms with Crippen LogP contribution in [-0.4, -0.2) is 24.0 Å². The molecule has 0 aliphatic carbocycles. The summed E-state index contributed by atoms with van der Waals surface area (Å²) in [7, 11) is 1.84. The van der Waals surface area contributed by atoms with Crippen LogP contribution in [-0.2, 0) is 4.79 Å². The summed E-state index contributed by atoms with van der Waals surface area (Å²) in [5.74, 6) is 0.755. The Labute approximate surface area is 170 Å². The quantitative estimate of drug-likeness (QED) is 0.562. The number of aromatic nitrogens is 1. The monoisotopic (exact) mass is 384 g/mol. The van der Waals surface area contributed by atoms with E-state index in [1.807, 2.05) is 73.9 Å². The van der Waals surface area contributed by atoms with Gasteiger partial charge in [-0.05, 0) is 43.2 Å². The molecule has 2 aromatic carbocycles. The maximum Gasteiger partial charge on any atom is 0.258 e. The molecule has 5 heteroatoms. The minimum absolute atomic E-state index is 0.0973. The second-order valence-corrected chi connectivity index (χ2v) is 7.31. The average Bonchev–Trinajstić information content (AvgIpc) is 3.05. The van der Waals surface area contributed by atoms with Gasteiger partial charge in [0.1, 0.15) is 5.82 Å². The molecule has 1 aliphatic heterocycles. The molecule has 0 radical (unpaired) electrons. The predicted molar refractivity (Wildman–Crippen MR) is 119 cm³/mol. The molecule has 1 amide bonds. The molecule has 0 atom stereocenters. The number of pyridine rings is 1. The van der Waals surface area contributed by atoms with Crippen molar-refractivity contribution in [2.75, 3.05) is 17.7 Å². The van der Waals surface area contributed by atoms with Gasteiger partial charge in [-0.2, -0.15) is 0 Å². The second kappa shape index (κ2) is 7.80. The number of nitrogens with one attached hydrogen (secondary N) is 3. The lowest BCUT2D eigenvalue weighted by Gasteiger charge is -2.11. The zero-order valence-corrected chi connectivity index (χ0v) is 16.8. The molecule has 0 fully saturated rings. The van der Waals surface area contributed by atoms with Crippen LogP contribution >= 0.6 is 0 Å². The lowest BCUT2D eigenvalue weighted by molar-refractivity contribution is -0.110. The summed E-state index contributed by atoms with van der Waals surface area (Å²) in [5.41, 5.74) is 6.20. The van der Waals surface area contributed by atoms with Gasteiger partial charge in [0.25, 0.3) is 5.91 Å². The van der Waals surface area contributed by atoms with Crippen LogP contribution < -0.4 is 16.0 Å². The average molecular weight is 384 g/mol. The lowest BCUT2D eigenvalue weighted by Crippen LogP contribution is -2.12. The van der Waals surface area contributed by atoms with Gasteiger partial charge in [0.05, 0.1) is 11.3 Å². The van der Waals surface area contributed by atoms with E-state index >= 15 is 0 Å². The third-order valence-electron chi connectivity index (χ3n) is 4.86. The van der Waals surface area contributed by atoms with Crippen LogP contribution in [0.3, 0.4) is 0 Å². The molecule has 3 aromatic rings. The summed E-state index contributed by atoms with van der Waals surface area (Å²) in [4.78, 5) is 17.3. The number of carbonyl (C=O) groups excluding carboxylic acids is 1. The van der Waals surface area contributed by atoms with Crippen LogP contribution in [0.1, 0.15) is 25.0 Å². The van der Waals surface area contributed by atoms with Crippen molar-refractivity contribution < 1.29 is 4.79 Å². The Hall–Kier alpha value is -3.60. The van der Waals surface area contributed by atoms with Crippen molar-refractivity contribution in [3.8, 4) is 11.1 Å². The molecular weight excluding hydrogens is 360 g/mol. The van der Waals surface area contributed by atoms with Crippen molar-refractivity contribution in [2.24, 2.45) is 0 Å². The van der Waals surface area contributed by atoms with E-state index in [-0.39, 0.29) is 5.91 Å². The first-order valence-electron chi connectivity index (χ1n) is 9.73. The standard InChI is InChI=1S/C24H24N4O/c1-15(2)27-21-12-10-18(14-26-21)17-9-11-19-20(13-17)28-24(29)22(19)23(25-3)16-7-5-4-6-8-16/h4-15,25H,1-3H3,(H,26,27)(H,28,29)/b23-22-. The number of amides is 1. The zero-order valence-electron chi connectivity index (χ0n) is 16.8. The number of nitrogens with zero attached hydrogens (tertiary/aromatic N) is 1. The summed E-state index contributed by atoms with van der Waals surface area (Å²) >= 11 is 0. The number of rotatable bonds is 5. The van der Waals surface area contributed by atoms with Gasteiger partial charge < -0.3 is 16.0 Å². The molecule has 0 bridgehead atoms. The Morgan fingerprint density at radius 3 is 2.41 bits per heavy atom. The molecular formula is C24H24N4O. The summed E-state index contributed by atoms with van der Waals surface area (Å²) in [6.45, 7) is 4.16. The fourth-order valence-electron chi connectivity index (χ4n) is 3.56. The van der Waals surface area contributed by atoms with Gasteiger partial charge in [-0.25, -0.2) is 4.98 Å². The first kappa shape index (κ1) is 18.7. The van der Waals surface area contributed by atoms with E-state index in [9.17, 15) is 4.79 Å². The number of carbonyl (C=O) groups is 1. The highest BCUT2D eigenvalue weighted by atomic mass is 16.2. The highest BCUT2D eigenvalue weighted by Crippen LogP contribution is 2.38. The highest BCUT2D eigenvalue weighted by molar-refractivity contribution is 6.36. The Kier molecular flexibility index (Phi) is 5.04. The van der Waals surface area contributed by atoms with Gasteiger partial charge in [0.15, 0.2) is 0 Å². The Balaban J connectivity index is 1.71. The molecule has 5 nitrogen and oxygen atoms in total. The summed E-state index contributed by atoms with van der Waals surface area (Å²) < 4.78 is 0. The van der Waals surface area contributed by atoms with Gasteiger partial charge in [-0.15, -0.1) is 0 Å². The Bertz CT molecular complexity index is 1070. The number of anilines is 2. The minimum atomic E-state index is -0.0973. The third kappa shape index (κ3) is 3.72. The first-order chi connectivity index (χ1) is 14.1. The summed E-state index contributed by atoms with van der Waals surface area (Å²) in [6, 6.07) is 20.3. The molecule has 4 rings (SSSR count). The lowest BCUT2D eigenvalue weighted by atomic mass is 9.98. The minimum Gasteiger partial charge on any atom is -0.387 e. The van der Waals surface area contributed by atoms with Crippen LogP contribution in [0.25, 0.3) is 22.4 Å². The van der Waals surface area contributed by atoms with Crippen molar-refractivity contribution in [1.82, 2.24) is 10.3 Å². The van der Waals surface area contributed by atoms with E-state index in [1.54, 1.807) is 0 Å². The first-order valence-corrected chi connectivity index (χ1v) is 9.73.